The van der Waals surface area contributed by atoms with Gasteiger partial charge in [-0.3, -0.25) is 4.79 Å². The highest BCUT2D eigenvalue weighted by molar-refractivity contribution is 5.85. The van der Waals surface area contributed by atoms with Crippen LogP contribution in [0.15, 0.2) is 24.3 Å². The summed E-state index contributed by atoms with van der Waals surface area (Å²) in [6, 6.07) is 8.89. The molecule has 1 aromatic carbocycles. The normalized spacial score (nSPS) is 18.1. The number of carbonyl (C=O) groups is 1. The van der Waals surface area contributed by atoms with E-state index >= 15 is 0 Å². The summed E-state index contributed by atoms with van der Waals surface area (Å²) in [5.74, 6) is 0.143. The molecule has 0 saturated carbocycles. The van der Waals surface area contributed by atoms with Crippen molar-refractivity contribution in [2.45, 2.75) is 58.0 Å². The van der Waals surface area contributed by atoms with Gasteiger partial charge in [-0.2, -0.15) is 0 Å². The first-order valence-electron chi connectivity index (χ1n) is 7.54. The van der Waals surface area contributed by atoms with Gasteiger partial charge < -0.3 is 10.6 Å². The zero-order valence-electron chi connectivity index (χ0n) is 13.2. The molecule has 1 atom stereocenters. The summed E-state index contributed by atoms with van der Waals surface area (Å²) in [5.41, 5.74) is 2.66. The number of nitrogens with one attached hydrogen (secondary N) is 2. The number of amides is 1. The Kier molecular flexibility index (Phi) is 6.69. The third-order valence-corrected chi connectivity index (χ3v) is 3.90. The average molecular weight is 311 g/mol. The summed E-state index contributed by atoms with van der Waals surface area (Å²) in [6.45, 7) is 8.29. The van der Waals surface area contributed by atoms with Gasteiger partial charge in [-0.15, -0.1) is 12.4 Å². The maximum Gasteiger partial charge on any atom is 0.221 e. The van der Waals surface area contributed by atoms with Crippen molar-refractivity contribution in [3.63, 3.8) is 0 Å². The SMILES string of the molecule is CC(C)(C)c1ccc(CNC(=O)CC2CCCN2)cc1.Cl. The van der Waals surface area contributed by atoms with Crippen molar-refractivity contribution in [3.05, 3.63) is 35.4 Å². The molecule has 21 heavy (non-hydrogen) atoms. The third kappa shape index (κ3) is 5.68. The number of halogens is 1. The summed E-state index contributed by atoms with van der Waals surface area (Å²) < 4.78 is 0. The van der Waals surface area contributed by atoms with Gasteiger partial charge in [0.15, 0.2) is 0 Å². The smallest absolute Gasteiger partial charge is 0.221 e. The van der Waals surface area contributed by atoms with Crippen LogP contribution in [0.25, 0.3) is 0 Å². The Hall–Kier alpha value is -1.06. The van der Waals surface area contributed by atoms with Crippen molar-refractivity contribution in [1.29, 1.82) is 0 Å². The predicted molar refractivity (Wildman–Crippen MR) is 89.9 cm³/mol. The molecule has 1 saturated heterocycles. The largest absolute Gasteiger partial charge is 0.352 e. The molecule has 118 valence electrons. The highest BCUT2D eigenvalue weighted by atomic mass is 35.5. The Balaban J connectivity index is 0.00000220. The van der Waals surface area contributed by atoms with Gasteiger partial charge in [0.25, 0.3) is 0 Å². The molecule has 2 N–H and O–H groups in total. The monoisotopic (exact) mass is 310 g/mol. The molecule has 4 heteroatoms. The second kappa shape index (κ2) is 7.81. The summed E-state index contributed by atoms with van der Waals surface area (Å²) in [6.07, 6.45) is 2.90. The van der Waals surface area contributed by atoms with Gasteiger partial charge in [-0.1, -0.05) is 45.0 Å². The molecule has 1 heterocycles. The van der Waals surface area contributed by atoms with Crippen LogP contribution in [0.3, 0.4) is 0 Å². The number of hydrogen-bond donors (Lipinski definition) is 2. The highest BCUT2D eigenvalue weighted by Gasteiger charge is 2.17. The summed E-state index contributed by atoms with van der Waals surface area (Å²) in [7, 11) is 0. The molecule has 1 aromatic rings. The lowest BCUT2D eigenvalue weighted by molar-refractivity contribution is -0.121. The van der Waals surface area contributed by atoms with Crippen molar-refractivity contribution < 1.29 is 4.79 Å². The molecule has 1 unspecified atom stereocenters. The van der Waals surface area contributed by atoms with Gasteiger partial charge in [0.2, 0.25) is 5.91 Å². The van der Waals surface area contributed by atoms with Gasteiger partial charge in [0.05, 0.1) is 0 Å². The van der Waals surface area contributed by atoms with Crippen LogP contribution in [0.4, 0.5) is 0 Å². The lowest BCUT2D eigenvalue weighted by Gasteiger charge is -2.19. The third-order valence-electron chi connectivity index (χ3n) is 3.90. The van der Waals surface area contributed by atoms with Crippen molar-refractivity contribution in [3.8, 4) is 0 Å². The molecule has 1 aliphatic rings. The molecule has 2 rings (SSSR count). The molecule has 0 radical (unpaired) electrons. The van der Waals surface area contributed by atoms with Crippen LogP contribution in [0.1, 0.15) is 51.2 Å². The maximum atomic E-state index is 11.8. The first kappa shape index (κ1) is 18.0. The number of carbonyl (C=O) groups excluding carboxylic acids is 1. The Labute approximate surface area is 134 Å². The molecule has 1 amide bonds. The molecule has 0 aliphatic carbocycles. The van der Waals surface area contributed by atoms with Gasteiger partial charge in [-0.25, -0.2) is 0 Å². The lowest BCUT2D eigenvalue weighted by atomic mass is 9.87. The molecule has 1 aliphatic heterocycles. The second-order valence-corrected chi connectivity index (χ2v) is 6.72. The standard InChI is InChI=1S/C17H26N2O.ClH/c1-17(2,3)14-8-6-13(7-9-14)12-19-16(20)11-15-5-4-10-18-15;/h6-9,15,18H,4-5,10-12H2,1-3H3,(H,19,20);1H. The predicted octanol–water partition coefficient (Wildman–Crippen LogP) is 3.16. The van der Waals surface area contributed by atoms with Crippen molar-refractivity contribution in [2.75, 3.05) is 6.54 Å². The zero-order chi connectivity index (χ0) is 14.6. The van der Waals surface area contributed by atoms with E-state index < -0.39 is 0 Å². The Morgan fingerprint density at radius 1 is 1.29 bits per heavy atom. The molecule has 0 aromatic heterocycles. The molecule has 0 bridgehead atoms. The van der Waals surface area contributed by atoms with E-state index in [0.29, 0.717) is 19.0 Å². The van der Waals surface area contributed by atoms with Crippen molar-refractivity contribution >= 4 is 18.3 Å². The van der Waals surface area contributed by atoms with E-state index in [1.807, 2.05) is 0 Å². The number of hydrogen-bond acceptors (Lipinski definition) is 2. The topological polar surface area (TPSA) is 41.1 Å². The molecular weight excluding hydrogens is 284 g/mol. The minimum absolute atomic E-state index is 0. The van der Waals surface area contributed by atoms with Crippen LogP contribution in [0.2, 0.25) is 0 Å². The van der Waals surface area contributed by atoms with E-state index in [0.717, 1.165) is 18.5 Å². The summed E-state index contributed by atoms with van der Waals surface area (Å²) in [5, 5.41) is 6.35. The molecular formula is C17H27ClN2O. The van der Waals surface area contributed by atoms with E-state index in [-0.39, 0.29) is 23.7 Å². The van der Waals surface area contributed by atoms with Gasteiger partial charge in [0, 0.05) is 19.0 Å². The Bertz CT molecular complexity index is 445. The van der Waals surface area contributed by atoms with E-state index in [9.17, 15) is 4.79 Å². The van der Waals surface area contributed by atoms with E-state index in [1.54, 1.807) is 0 Å². The van der Waals surface area contributed by atoms with Gasteiger partial charge in [0.1, 0.15) is 0 Å². The van der Waals surface area contributed by atoms with E-state index in [2.05, 4.69) is 55.7 Å². The Morgan fingerprint density at radius 3 is 2.48 bits per heavy atom. The van der Waals surface area contributed by atoms with E-state index in [4.69, 9.17) is 0 Å². The van der Waals surface area contributed by atoms with Crippen LogP contribution >= 0.6 is 12.4 Å². The van der Waals surface area contributed by atoms with Crippen molar-refractivity contribution in [2.24, 2.45) is 0 Å². The van der Waals surface area contributed by atoms with Crippen LogP contribution in [0, 0.1) is 0 Å². The first-order chi connectivity index (χ1) is 9.45. The number of benzene rings is 1. The zero-order valence-corrected chi connectivity index (χ0v) is 14.1. The molecule has 3 nitrogen and oxygen atoms in total. The van der Waals surface area contributed by atoms with Crippen LogP contribution < -0.4 is 10.6 Å². The molecule has 1 fully saturated rings. The maximum absolute atomic E-state index is 11.8. The lowest BCUT2D eigenvalue weighted by Crippen LogP contribution is -2.31. The fourth-order valence-corrected chi connectivity index (χ4v) is 2.55. The van der Waals surface area contributed by atoms with Crippen molar-refractivity contribution in [1.82, 2.24) is 10.6 Å². The fourth-order valence-electron chi connectivity index (χ4n) is 2.55. The number of rotatable bonds is 4. The van der Waals surface area contributed by atoms with E-state index in [1.165, 1.54) is 12.0 Å². The Morgan fingerprint density at radius 2 is 1.95 bits per heavy atom. The minimum Gasteiger partial charge on any atom is -0.352 e. The minimum atomic E-state index is 0. The quantitative estimate of drug-likeness (QED) is 0.897. The van der Waals surface area contributed by atoms with Crippen LogP contribution in [-0.2, 0) is 16.8 Å². The van der Waals surface area contributed by atoms with Gasteiger partial charge >= 0.3 is 0 Å². The summed E-state index contributed by atoms with van der Waals surface area (Å²) >= 11 is 0. The first-order valence-corrected chi connectivity index (χ1v) is 7.54. The van der Waals surface area contributed by atoms with Crippen LogP contribution in [-0.4, -0.2) is 18.5 Å². The second-order valence-electron chi connectivity index (χ2n) is 6.72. The van der Waals surface area contributed by atoms with Crippen LogP contribution in [0.5, 0.6) is 0 Å². The summed E-state index contributed by atoms with van der Waals surface area (Å²) in [4.78, 5) is 11.8. The fraction of sp³-hybridized carbons (Fsp3) is 0.588. The van der Waals surface area contributed by atoms with Gasteiger partial charge in [-0.05, 0) is 35.9 Å². The molecule has 0 spiro atoms. The average Bonchev–Trinajstić information content (AvgIpc) is 2.88. The highest BCUT2D eigenvalue weighted by Crippen LogP contribution is 2.22.